The molecule has 0 fully saturated rings. The second-order valence-electron chi connectivity index (χ2n) is 3.05. The maximum atomic E-state index is 7.56. The van der Waals surface area contributed by atoms with E-state index in [1.807, 2.05) is 19.9 Å². The van der Waals surface area contributed by atoms with Gasteiger partial charge in [0.15, 0.2) is 0 Å². The first-order chi connectivity index (χ1) is 4.57. The highest BCUT2D eigenvalue weighted by molar-refractivity contribution is 5.97. The van der Waals surface area contributed by atoms with Gasteiger partial charge in [-0.1, -0.05) is 19.9 Å². The monoisotopic (exact) mass is 139 g/mol. The molecule has 0 rings (SSSR count). The summed E-state index contributed by atoms with van der Waals surface area (Å²) in [4.78, 5) is 0. The Hall–Kier alpha value is -0.590. The van der Waals surface area contributed by atoms with Crippen LogP contribution < -0.4 is 0 Å². The third-order valence-electron chi connectivity index (χ3n) is 1.52. The molecule has 0 bridgehead atoms. The highest BCUT2D eigenvalue weighted by atomic mass is 14.4. The molecule has 0 amide bonds. The van der Waals surface area contributed by atoms with Crippen LogP contribution in [0.3, 0.4) is 0 Å². The zero-order chi connectivity index (χ0) is 8.15. The summed E-state index contributed by atoms with van der Waals surface area (Å²) in [5, 5.41) is 7.56. The van der Waals surface area contributed by atoms with Crippen LogP contribution in [0.15, 0.2) is 11.6 Å². The third-order valence-corrected chi connectivity index (χ3v) is 1.52. The van der Waals surface area contributed by atoms with Crippen LogP contribution in [0.25, 0.3) is 0 Å². The third kappa shape index (κ3) is 3.44. The number of hydrogen-bond acceptors (Lipinski definition) is 1. The molecule has 0 saturated heterocycles. The minimum absolute atomic E-state index is 0.599. The smallest absolute Gasteiger partial charge is 0.0342 e. The van der Waals surface area contributed by atoms with Crippen LogP contribution in [-0.4, -0.2) is 5.71 Å². The molecule has 0 aromatic rings. The van der Waals surface area contributed by atoms with Gasteiger partial charge in [0.25, 0.3) is 0 Å². The number of nitrogens with one attached hydrogen (secondary N) is 1. The summed E-state index contributed by atoms with van der Waals surface area (Å²) in [6.07, 6.45) is 2.89. The zero-order valence-electron chi connectivity index (χ0n) is 7.36. The first kappa shape index (κ1) is 9.41. The van der Waals surface area contributed by atoms with E-state index in [9.17, 15) is 0 Å². The molecule has 0 radical (unpaired) electrons. The molecule has 0 aromatic carbocycles. The van der Waals surface area contributed by atoms with Gasteiger partial charge in [0.2, 0.25) is 0 Å². The zero-order valence-corrected chi connectivity index (χ0v) is 7.36. The van der Waals surface area contributed by atoms with E-state index >= 15 is 0 Å². The fourth-order valence-corrected chi connectivity index (χ4v) is 0.743. The Kier molecular flexibility index (Phi) is 4.01. The number of allylic oxidation sites excluding steroid dienone is 2. The second kappa shape index (κ2) is 4.26. The van der Waals surface area contributed by atoms with Crippen molar-refractivity contribution in [3.8, 4) is 0 Å². The van der Waals surface area contributed by atoms with Crippen LogP contribution >= 0.6 is 0 Å². The minimum atomic E-state index is 0.599. The fourth-order valence-electron chi connectivity index (χ4n) is 0.743. The summed E-state index contributed by atoms with van der Waals surface area (Å²) >= 11 is 0. The van der Waals surface area contributed by atoms with Gasteiger partial charge in [0.05, 0.1) is 0 Å². The Morgan fingerprint density at radius 2 is 2.00 bits per heavy atom. The largest absolute Gasteiger partial charge is 0.305 e. The summed E-state index contributed by atoms with van der Waals surface area (Å²) in [6, 6.07) is 0. The van der Waals surface area contributed by atoms with E-state index in [-0.39, 0.29) is 0 Å². The lowest BCUT2D eigenvalue weighted by molar-refractivity contribution is 0.682. The van der Waals surface area contributed by atoms with Crippen molar-refractivity contribution in [3.05, 3.63) is 11.6 Å². The molecule has 0 saturated carbocycles. The Bertz CT molecular complexity index is 143. The van der Waals surface area contributed by atoms with Crippen molar-refractivity contribution in [2.45, 2.75) is 34.1 Å². The van der Waals surface area contributed by atoms with Gasteiger partial charge in [0, 0.05) is 5.71 Å². The fraction of sp³-hybridized carbons (Fsp3) is 0.667. The molecule has 1 heteroatoms. The predicted octanol–water partition coefficient (Wildman–Crippen LogP) is 3.02. The van der Waals surface area contributed by atoms with E-state index in [4.69, 9.17) is 5.41 Å². The normalized spacial score (nSPS) is 12.3. The van der Waals surface area contributed by atoms with Crippen LogP contribution in [-0.2, 0) is 0 Å². The van der Waals surface area contributed by atoms with Crippen LogP contribution in [0.2, 0.25) is 0 Å². The molecule has 0 aliphatic carbocycles. The Labute approximate surface area is 63.7 Å². The van der Waals surface area contributed by atoms with E-state index in [0.717, 1.165) is 17.7 Å². The second-order valence-corrected chi connectivity index (χ2v) is 3.05. The van der Waals surface area contributed by atoms with Crippen molar-refractivity contribution >= 4 is 5.71 Å². The molecular formula is C9H17N. The lowest BCUT2D eigenvalue weighted by Gasteiger charge is -2.05. The maximum Gasteiger partial charge on any atom is 0.0342 e. The van der Waals surface area contributed by atoms with Crippen molar-refractivity contribution in [2.24, 2.45) is 5.92 Å². The van der Waals surface area contributed by atoms with E-state index < -0.39 is 0 Å². The molecule has 0 aliphatic heterocycles. The first-order valence-electron chi connectivity index (χ1n) is 3.78. The lowest BCUT2D eigenvalue weighted by Crippen LogP contribution is -2.02. The summed E-state index contributed by atoms with van der Waals surface area (Å²) in [5.74, 6) is 0.599. The van der Waals surface area contributed by atoms with Crippen LogP contribution in [0, 0.1) is 11.3 Å². The summed E-state index contributed by atoms with van der Waals surface area (Å²) in [6.45, 7) is 8.24. The van der Waals surface area contributed by atoms with E-state index in [0.29, 0.717) is 5.92 Å². The van der Waals surface area contributed by atoms with Crippen molar-refractivity contribution in [1.82, 2.24) is 0 Å². The molecular weight excluding hydrogens is 122 g/mol. The maximum absolute atomic E-state index is 7.56. The average Bonchev–Trinajstić information content (AvgIpc) is 1.85. The molecule has 1 nitrogen and oxygen atoms in total. The van der Waals surface area contributed by atoms with Gasteiger partial charge in [-0.25, -0.2) is 0 Å². The van der Waals surface area contributed by atoms with Crippen LogP contribution in [0.4, 0.5) is 0 Å². The van der Waals surface area contributed by atoms with Gasteiger partial charge in [0.1, 0.15) is 0 Å². The topological polar surface area (TPSA) is 23.9 Å². The molecule has 0 unspecified atom stereocenters. The number of rotatable bonds is 3. The van der Waals surface area contributed by atoms with Gasteiger partial charge in [-0.15, -0.1) is 0 Å². The minimum Gasteiger partial charge on any atom is -0.305 e. The van der Waals surface area contributed by atoms with Gasteiger partial charge in [-0.3, -0.25) is 0 Å². The molecule has 58 valence electrons. The molecule has 10 heavy (non-hydrogen) atoms. The average molecular weight is 139 g/mol. The standard InChI is InChI=1S/C9H17N/c1-5-8(4)9(10)6-7(2)3/h5,7,10H,6H2,1-4H3. The van der Waals surface area contributed by atoms with E-state index in [2.05, 4.69) is 13.8 Å². The highest BCUT2D eigenvalue weighted by Gasteiger charge is 2.00. The van der Waals surface area contributed by atoms with Gasteiger partial charge < -0.3 is 5.41 Å². The molecule has 1 N–H and O–H groups in total. The van der Waals surface area contributed by atoms with Crippen LogP contribution in [0.5, 0.6) is 0 Å². The summed E-state index contributed by atoms with van der Waals surface area (Å²) in [5.41, 5.74) is 1.88. The Morgan fingerprint density at radius 3 is 2.30 bits per heavy atom. The molecule has 0 heterocycles. The Morgan fingerprint density at radius 1 is 1.50 bits per heavy atom. The van der Waals surface area contributed by atoms with Crippen molar-refractivity contribution in [1.29, 1.82) is 5.41 Å². The van der Waals surface area contributed by atoms with Crippen molar-refractivity contribution in [3.63, 3.8) is 0 Å². The highest BCUT2D eigenvalue weighted by Crippen LogP contribution is 2.06. The van der Waals surface area contributed by atoms with Gasteiger partial charge >= 0.3 is 0 Å². The predicted molar refractivity (Wildman–Crippen MR) is 46.6 cm³/mol. The summed E-state index contributed by atoms with van der Waals surface area (Å²) in [7, 11) is 0. The molecule has 0 atom stereocenters. The molecule has 0 aromatic heterocycles. The lowest BCUT2D eigenvalue weighted by atomic mass is 10.0. The quantitative estimate of drug-likeness (QED) is 0.581. The molecule has 0 spiro atoms. The van der Waals surface area contributed by atoms with Crippen LogP contribution in [0.1, 0.15) is 34.1 Å². The van der Waals surface area contributed by atoms with Gasteiger partial charge in [-0.05, 0) is 31.8 Å². The van der Waals surface area contributed by atoms with Crippen molar-refractivity contribution in [2.75, 3.05) is 0 Å². The van der Waals surface area contributed by atoms with E-state index in [1.54, 1.807) is 0 Å². The van der Waals surface area contributed by atoms with Crippen molar-refractivity contribution < 1.29 is 0 Å². The first-order valence-corrected chi connectivity index (χ1v) is 3.78. The van der Waals surface area contributed by atoms with Gasteiger partial charge in [-0.2, -0.15) is 0 Å². The molecule has 0 aliphatic rings. The number of hydrogen-bond donors (Lipinski definition) is 1. The summed E-state index contributed by atoms with van der Waals surface area (Å²) < 4.78 is 0. The SMILES string of the molecule is CC=C(C)C(=N)CC(C)C. The van der Waals surface area contributed by atoms with E-state index in [1.165, 1.54) is 0 Å². The Balaban J connectivity index is 3.86.